The summed E-state index contributed by atoms with van der Waals surface area (Å²) < 4.78 is 12.6. The number of likely N-dealkylation sites (tertiary alicyclic amines) is 1. The first-order valence-corrected chi connectivity index (χ1v) is 11.4. The van der Waals surface area contributed by atoms with Crippen LogP contribution in [0, 0.1) is 6.92 Å². The topological polar surface area (TPSA) is 88.8 Å². The van der Waals surface area contributed by atoms with E-state index in [0.717, 1.165) is 56.0 Å². The predicted octanol–water partition coefficient (Wildman–Crippen LogP) is 2.04. The van der Waals surface area contributed by atoms with Gasteiger partial charge in [0.05, 0.1) is 13.2 Å². The third kappa shape index (κ3) is 6.67. The number of guanidine groups is 1. The summed E-state index contributed by atoms with van der Waals surface area (Å²) in [6, 6.07) is 8.61. The van der Waals surface area contributed by atoms with Crippen molar-refractivity contribution in [1.82, 2.24) is 30.3 Å². The zero-order valence-corrected chi connectivity index (χ0v) is 19.8. The Kier molecular flexibility index (Phi) is 9.30. The molecule has 0 spiro atoms. The molecule has 0 bridgehead atoms. The van der Waals surface area contributed by atoms with E-state index in [4.69, 9.17) is 14.5 Å². The van der Waals surface area contributed by atoms with Crippen LogP contribution in [0.3, 0.4) is 0 Å². The molecular formula is C23H37N7O2. The van der Waals surface area contributed by atoms with Gasteiger partial charge in [-0.2, -0.15) is 0 Å². The molecule has 1 unspecified atom stereocenters. The molecule has 3 rings (SSSR count). The first-order valence-electron chi connectivity index (χ1n) is 11.4. The molecular weight excluding hydrogens is 406 g/mol. The summed E-state index contributed by atoms with van der Waals surface area (Å²) in [5.74, 6) is 3.37. The molecule has 1 aromatic heterocycles. The van der Waals surface area contributed by atoms with E-state index in [9.17, 15) is 0 Å². The number of hydrogen-bond acceptors (Lipinski definition) is 6. The molecule has 9 nitrogen and oxygen atoms in total. The zero-order chi connectivity index (χ0) is 22.8. The number of aryl methyl sites for hydroxylation is 1. The van der Waals surface area contributed by atoms with Crippen LogP contribution in [-0.2, 0) is 18.3 Å². The molecule has 0 aliphatic carbocycles. The predicted molar refractivity (Wildman–Crippen MR) is 126 cm³/mol. The maximum Gasteiger partial charge on any atom is 0.191 e. The average molecular weight is 444 g/mol. The van der Waals surface area contributed by atoms with Gasteiger partial charge in [-0.05, 0) is 57.0 Å². The zero-order valence-electron chi connectivity index (χ0n) is 19.8. The van der Waals surface area contributed by atoms with Crippen molar-refractivity contribution in [2.75, 3.05) is 47.0 Å². The molecule has 1 atom stereocenters. The number of ether oxygens (including phenoxy) is 2. The number of nitrogens with one attached hydrogen (secondary N) is 2. The molecule has 0 amide bonds. The highest BCUT2D eigenvalue weighted by Gasteiger charge is 2.24. The van der Waals surface area contributed by atoms with Gasteiger partial charge in [-0.15, -0.1) is 10.2 Å². The lowest BCUT2D eigenvalue weighted by atomic mass is 10.1. The minimum Gasteiger partial charge on any atom is -0.497 e. The minimum atomic E-state index is 0.246. The quantitative estimate of drug-likeness (QED) is 0.312. The van der Waals surface area contributed by atoms with E-state index >= 15 is 0 Å². The maximum atomic E-state index is 5.47. The van der Waals surface area contributed by atoms with Crippen molar-refractivity contribution in [3.05, 3.63) is 41.5 Å². The van der Waals surface area contributed by atoms with Crippen LogP contribution in [0.25, 0.3) is 0 Å². The Balaban J connectivity index is 1.72. The summed E-state index contributed by atoms with van der Waals surface area (Å²) >= 11 is 0. The maximum absolute atomic E-state index is 5.47. The summed E-state index contributed by atoms with van der Waals surface area (Å²) in [6.45, 7) is 6.86. The van der Waals surface area contributed by atoms with E-state index in [1.165, 1.54) is 18.4 Å². The Morgan fingerprint density at radius 3 is 2.69 bits per heavy atom. The summed E-state index contributed by atoms with van der Waals surface area (Å²) in [5.41, 5.74) is 1.25. The van der Waals surface area contributed by atoms with Crippen molar-refractivity contribution >= 4 is 5.96 Å². The van der Waals surface area contributed by atoms with Crippen LogP contribution in [-0.4, -0.2) is 72.6 Å². The van der Waals surface area contributed by atoms with Crippen LogP contribution in [0.2, 0.25) is 0 Å². The Morgan fingerprint density at radius 1 is 1.19 bits per heavy atom. The van der Waals surface area contributed by atoms with Gasteiger partial charge in [0.25, 0.3) is 0 Å². The highest BCUT2D eigenvalue weighted by atomic mass is 16.5. The Bertz CT molecular complexity index is 862. The molecule has 0 saturated carbocycles. The number of hydrogen-bond donors (Lipinski definition) is 2. The molecule has 1 saturated heterocycles. The third-order valence-corrected chi connectivity index (χ3v) is 5.90. The summed E-state index contributed by atoms with van der Waals surface area (Å²) in [6.07, 6.45) is 3.39. The molecule has 1 aliphatic rings. The van der Waals surface area contributed by atoms with Crippen molar-refractivity contribution < 1.29 is 9.47 Å². The van der Waals surface area contributed by atoms with Gasteiger partial charge >= 0.3 is 0 Å². The Morgan fingerprint density at radius 2 is 2.00 bits per heavy atom. The van der Waals surface area contributed by atoms with Crippen molar-refractivity contribution in [3.63, 3.8) is 0 Å². The standard InChI is InChI=1S/C23H37N7O2/c1-18-27-28-22(29(18)2)17-26-23(24-11-8-14-31-3)25-16-21(30-12-5-6-13-30)19-9-7-10-20(15-19)32-4/h7,9-10,15,21H,5-6,8,11-14,16-17H2,1-4H3,(H2,24,25,26). The molecule has 1 aliphatic heterocycles. The van der Waals surface area contributed by atoms with Crippen LogP contribution in [0.1, 0.15) is 42.5 Å². The van der Waals surface area contributed by atoms with E-state index in [1.807, 2.05) is 24.6 Å². The first-order chi connectivity index (χ1) is 15.6. The number of nitrogens with zero attached hydrogens (tertiary/aromatic N) is 5. The van der Waals surface area contributed by atoms with E-state index in [0.29, 0.717) is 13.2 Å². The fourth-order valence-electron chi connectivity index (χ4n) is 3.89. The monoisotopic (exact) mass is 443 g/mol. The molecule has 32 heavy (non-hydrogen) atoms. The molecule has 2 aromatic rings. The van der Waals surface area contributed by atoms with E-state index in [1.54, 1.807) is 14.2 Å². The van der Waals surface area contributed by atoms with Crippen LogP contribution in [0.15, 0.2) is 29.3 Å². The number of benzene rings is 1. The van der Waals surface area contributed by atoms with Crippen molar-refractivity contribution in [3.8, 4) is 5.75 Å². The SMILES string of the molecule is COCCCNC(=NCc1nnc(C)n1C)NCC(c1cccc(OC)c1)N1CCCC1. The largest absolute Gasteiger partial charge is 0.497 e. The number of aromatic nitrogens is 3. The number of rotatable bonds is 11. The Labute approximate surface area is 191 Å². The second-order valence-corrected chi connectivity index (χ2v) is 8.08. The summed E-state index contributed by atoms with van der Waals surface area (Å²) in [4.78, 5) is 7.32. The summed E-state index contributed by atoms with van der Waals surface area (Å²) in [7, 11) is 5.40. The second kappa shape index (κ2) is 12.4. The lowest BCUT2D eigenvalue weighted by Crippen LogP contribution is -2.43. The van der Waals surface area contributed by atoms with Gasteiger partial charge in [-0.1, -0.05) is 12.1 Å². The van der Waals surface area contributed by atoms with Gasteiger partial charge in [0.15, 0.2) is 11.8 Å². The average Bonchev–Trinajstić information content (AvgIpc) is 3.45. The molecule has 1 aromatic carbocycles. The van der Waals surface area contributed by atoms with Crippen molar-refractivity contribution in [2.24, 2.45) is 12.0 Å². The first kappa shape index (κ1) is 24.0. The smallest absolute Gasteiger partial charge is 0.191 e. The van der Waals surface area contributed by atoms with Crippen LogP contribution >= 0.6 is 0 Å². The van der Waals surface area contributed by atoms with Crippen molar-refractivity contribution in [2.45, 2.75) is 38.8 Å². The second-order valence-electron chi connectivity index (χ2n) is 8.08. The number of aliphatic imine (C=N–C) groups is 1. The molecule has 176 valence electrons. The normalized spacial score (nSPS) is 15.7. The van der Waals surface area contributed by atoms with Crippen LogP contribution in [0.4, 0.5) is 0 Å². The van der Waals surface area contributed by atoms with Gasteiger partial charge in [0, 0.05) is 33.9 Å². The number of methoxy groups -OCH3 is 2. The Hall–Kier alpha value is -2.65. The lowest BCUT2D eigenvalue weighted by molar-refractivity contribution is 0.195. The molecule has 2 heterocycles. The highest BCUT2D eigenvalue weighted by Crippen LogP contribution is 2.27. The van der Waals surface area contributed by atoms with Gasteiger partial charge in [0.2, 0.25) is 0 Å². The fraction of sp³-hybridized carbons (Fsp3) is 0.609. The van der Waals surface area contributed by atoms with Crippen LogP contribution < -0.4 is 15.4 Å². The van der Waals surface area contributed by atoms with Gasteiger partial charge < -0.3 is 24.7 Å². The minimum absolute atomic E-state index is 0.246. The van der Waals surface area contributed by atoms with Gasteiger partial charge in [-0.25, -0.2) is 4.99 Å². The van der Waals surface area contributed by atoms with Crippen molar-refractivity contribution in [1.29, 1.82) is 0 Å². The molecule has 1 fully saturated rings. The van der Waals surface area contributed by atoms with Gasteiger partial charge in [0.1, 0.15) is 18.1 Å². The summed E-state index contributed by atoms with van der Waals surface area (Å²) in [5, 5.41) is 15.4. The third-order valence-electron chi connectivity index (χ3n) is 5.90. The lowest BCUT2D eigenvalue weighted by Gasteiger charge is -2.29. The van der Waals surface area contributed by atoms with E-state index in [-0.39, 0.29) is 6.04 Å². The molecule has 2 N–H and O–H groups in total. The highest BCUT2D eigenvalue weighted by molar-refractivity contribution is 5.79. The van der Waals surface area contributed by atoms with E-state index in [2.05, 4.69) is 43.9 Å². The van der Waals surface area contributed by atoms with Crippen LogP contribution in [0.5, 0.6) is 5.75 Å². The van der Waals surface area contributed by atoms with Gasteiger partial charge in [-0.3, -0.25) is 4.90 Å². The molecule has 0 radical (unpaired) electrons. The fourth-order valence-corrected chi connectivity index (χ4v) is 3.89. The van der Waals surface area contributed by atoms with E-state index < -0.39 is 0 Å². The molecule has 9 heteroatoms.